The Balaban J connectivity index is 1.80. The number of nitrogens with one attached hydrogen (secondary N) is 1. The van der Waals surface area contributed by atoms with Crippen molar-refractivity contribution in [3.8, 4) is 0 Å². The van der Waals surface area contributed by atoms with E-state index < -0.39 is 9.84 Å². The molecule has 1 atom stereocenters. The van der Waals surface area contributed by atoms with E-state index in [0.717, 1.165) is 15.6 Å². The van der Waals surface area contributed by atoms with Gasteiger partial charge in [0.05, 0.1) is 10.6 Å². The largest absolute Gasteiger partial charge is 0.305 e. The van der Waals surface area contributed by atoms with E-state index in [0.29, 0.717) is 11.4 Å². The predicted molar refractivity (Wildman–Crippen MR) is 82.2 cm³/mol. The van der Waals surface area contributed by atoms with Gasteiger partial charge < -0.3 is 5.32 Å². The molecular weight excluding hydrogens is 338 g/mol. The van der Waals surface area contributed by atoms with Crippen LogP contribution in [0, 0.1) is 0 Å². The van der Waals surface area contributed by atoms with Crippen molar-refractivity contribution < 1.29 is 8.42 Å². The van der Waals surface area contributed by atoms with Gasteiger partial charge in [0.15, 0.2) is 9.84 Å². The lowest BCUT2D eigenvalue weighted by Crippen LogP contribution is -2.22. The first kappa shape index (κ1) is 13.8. The summed E-state index contributed by atoms with van der Waals surface area (Å²) in [6.07, 6.45) is 0. The summed E-state index contributed by atoms with van der Waals surface area (Å²) >= 11 is 3.44. The maximum atomic E-state index is 12.1. The van der Waals surface area contributed by atoms with E-state index >= 15 is 0 Å². The Morgan fingerprint density at radius 1 is 1.15 bits per heavy atom. The van der Waals surface area contributed by atoms with Crippen molar-refractivity contribution in [2.45, 2.75) is 17.5 Å². The normalized spacial score (nSPS) is 19.8. The molecule has 0 saturated heterocycles. The third-order valence-corrected chi connectivity index (χ3v) is 5.76. The van der Waals surface area contributed by atoms with Crippen LogP contribution in [0.1, 0.15) is 17.2 Å². The molecule has 0 amide bonds. The molecule has 1 aliphatic rings. The molecule has 0 saturated carbocycles. The molecule has 0 bridgehead atoms. The lowest BCUT2D eigenvalue weighted by Gasteiger charge is -2.12. The van der Waals surface area contributed by atoms with Gasteiger partial charge in [-0.25, -0.2) is 8.42 Å². The highest BCUT2D eigenvalue weighted by Crippen LogP contribution is 2.33. The fraction of sp³-hybridized carbons (Fsp3) is 0.200. The second-order valence-corrected chi connectivity index (χ2v) is 7.80. The van der Waals surface area contributed by atoms with Gasteiger partial charge >= 0.3 is 0 Å². The van der Waals surface area contributed by atoms with Crippen molar-refractivity contribution in [2.75, 3.05) is 5.75 Å². The molecule has 1 N–H and O–H groups in total. The Kier molecular flexibility index (Phi) is 3.67. The predicted octanol–water partition coefficient (Wildman–Crippen LogP) is 3.07. The van der Waals surface area contributed by atoms with E-state index in [-0.39, 0.29) is 11.8 Å². The van der Waals surface area contributed by atoms with E-state index in [1.807, 2.05) is 36.4 Å². The summed E-state index contributed by atoms with van der Waals surface area (Å²) in [5, 5.41) is 3.34. The molecule has 1 aliphatic heterocycles. The summed E-state index contributed by atoms with van der Waals surface area (Å²) in [4.78, 5) is 0.465. The second kappa shape index (κ2) is 5.31. The summed E-state index contributed by atoms with van der Waals surface area (Å²) in [7, 11) is -3.14. The minimum Gasteiger partial charge on any atom is -0.305 e. The number of hydrogen-bond acceptors (Lipinski definition) is 3. The molecule has 3 nitrogen and oxygen atoms in total. The molecule has 1 heterocycles. The Morgan fingerprint density at radius 2 is 1.95 bits per heavy atom. The Labute approximate surface area is 127 Å². The van der Waals surface area contributed by atoms with Gasteiger partial charge in [0, 0.05) is 17.1 Å². The SMILES string of the molecule is O=S1(=O)CC(NCc2cccc(Br)c2)c2ccccc21. The first-order valence-corrected chi connectivity index (χ1v) is 8.80. The number of hydrogen-bond donors (Lipinski definition) is 1. The molecule has 0 aliphatic carbocycles. The summed E-state index contributed by atoms with van der Waals surface area (Å²) in [5.74, 6) is 0.139. The van der Waals surface area contributed by atoms with Crippen LogP contribution < -0.4 is 5.32 Å². The van der Waals surface area contributed by atoms with Gasteiger partial charge in [-0.2, -0.15) is 0 Å². The standard InChI is InChI=1S/C15H14BrNO2S/c16-12-5-3-4-11(8-12)9-17-14-10-20(18,19)15-7-2-1-6-13(14)15/h1-8,14,17H,9-10H2. The summed E-state index contributed by atoms with van der Waals surface area (Å²) in [6.45, 7) is 0.647. The number of halogens is 1. The molecule has 20 heavy (non-hydrogen) atoms. The van der Waals surface area contributed by atoms with Crippen LogP contribution in [0.5, 0.6) is 0 Å². The Bertz CT molecular complexity index is 743. The first-order chi connectivity index (χ1) is 9.56. The zero-order chi connectivity index (χ0) is 14.2. The van der Waals surface area contributed by atoms with Crippen LogP contribution in [0.4, 0.5) is 0 Å². The zero-order valence-corrected chi connectivity index (χ0v) is 13.1. The molecular formula is C15H14BrNO2S. The van der Waals surface area contributed by atoms with Gasteiger partial charge in [-0.05, 0) is 29.3 Å². The van der Waals surface area contributed by atoms with Gasteiger partial charge in [-0.15, -0.1) is 0 Å². The van der Waals surface area contributed by atoms with E-state index in [1.165, 1.54) is 0 Å². The Hall–Kier alpha value is -1.17. The smallest absolute Gasteiger partial charge is 0.180 e. The van der Waals surface area contributed by atoms with Gasteiger partial charge in [0.2, 0.25) is 0 Å². The monoisotopic (exact) mass is 351 g/mol. The lowest BCUT2D eigenvalue weighted by molar-refractivity contribution is 0.566. The fourth-order valence-electron chi connectivity index (χ4n) is 2.51. The molecule has 5 heteroatoms. The molecule has 2 aromatic carbocycles. The molecule has 1 unspecified atom stereocenters. The number of benzene rings is 2. The lowest BCUT2D eigenvalue weighted by atomic mass is 10.1. The van der Waals surface area contributed by atoms with Crippen LogP contribution in [0.3, 0.4) is 0 Å². The second-order valence-electron chi connectivity index (χ2n) is 4.88. The Morgan fingerprint density at radius 3 is 2.75 bits per heavy atom. The molecule has 0 fully saturated rings. The highest BCUT2D eigenvalue weighted by molar-refractivity contribution is 9.10. The maximum Gasteiger partial charge on any atom is 0.180 e. The topological polar surface area (TPSA) is 46.2 Å². The van der Waals surface area contributed by atoms with Gasteiger partial charge in [-0.3, -0.25) is 0 Å². The van der Waals surface area contributed by atoms with E-state index in [4.69, 9.17) is 0 Å². The number of rotatable bonds is 3. The minimum absolute atomic E-state index is 0.129. The highest BCUT2D eigenvalue weighted by Gasteiger charge is 2.33. The van der Waals surface area contributed by atoms with E-state index in [1.54, 1.807) is 12.1 Å². The van der Waals surface area contributed by atoms with Crippen LogP contribution in [-0.4, -0.2) is 14.2 Å². The van der Waals surface area contributed by atoms with E-state index in [9.17, 15) is 8.42 Å². The van der Waals surface area contributed by atoms with Crippen molar-refractivity contribution in [2.24, 2.45) is 0 Å². The highest BCUT2D eigenvalue weighted by atomic mass is 79.9. The van der Waals surface area contributed by atoms with Crippen LogP contribution in [0.25, 0.3) is 0 Å². The first-order valence-electron chi connectivity index (χ1n) is 6.36. The summed E-state index contributed by atoms with van der Waals surface area (Å²) in [6, 6.07) is 15.1. The van der Waals surface area contributed by atoms with Gasteiger partial charge in [0.25, 0.3) is 0 Å². The van der Waals surface area contributed by atoms with Crippen molar-refractivity contribution >= 4 is 25.8 Å². The van der Waals surface area contributed by atoms with Crippen molar-refractivity contribution in [1.82, 2.24) is 5.32 Å². The number of sulfone groups is 1. The van der Waals surface area contributed by atoms with Crippen LogP contribution in [-0.2, 0) is 16.4 Å². The minimum atomic E-state index is -3.14. The van der Waals surface area contributed by atoms with Crippen molar-refractivity contribution in [3.05, 3.63) is 64.1 Å². The molecule has 2 aromatic rings. The maximum absolute atomic E-state index is 12.1. The average molecular weight is 352 g/mol. The van der Waals surface area contributed by atoms with Crippen molar-refractivity contribution in [3.63, 3.8) is 0 Å². The molecule has 0 radical (unpaired) electrons. The third-order valence-electron chi connectivity index (χ3n) is 3.46. The molecule has 104 valence electrons. The summed E-state index contributed by atoms with van der Waals surface area (Å²) < 4.78 is 25.2. The fourth-order valence-corrected chi connectivity index (χ4v) is 4.73. The number of fused-ring (bicyclic) bond motifs is 1. The van der Waals surface area contributed by atoms with Crippen molar-refractivity contribution in [1.29, 1.82) is 0 Å². The quantitative estimate of drug-likeness (QED) is 0.924. The molecule has 3 rings (SSSR count). The van der Waals surface area contributed by atoms with Crippen LogP contribution >= 0.6 is 15.9 Å². The zero-order valence-electron chi connectivity index (χ0n) is 10.7. The van der Waals surface area contributed by atoms with Crippen LogP contribution in [0.2, 0.25) is 0 Å². The van der Waals surface area contributed by atoms with Gasteiger partial charge in [-0.1, -0.05) is 46.3 Å². The average Bonchev–Trinajstić information content (AvgIpc) is 2.69. The summed E-state index contributed by atoms with van der Waals surface area (Å²) in [5.41, 5.74) is 2.00. The van der Waals surface area contributed by atoms with Gasteiger partial charge in [0.1, 0.15) is 0 Å². The third kappa shape index (κ3) is 2.66. The molecule has 0 aromatic heterocycles. The van der Waals surface area contributed by atoms with E-state index in [2.05, 4.69) is 21.2 Å². The van der Waals surface area contributed by atoms with Crippen LogP contribution in [0.15, 0.2) is 57.9 Å². The molecule has 0 spiro atoms.